The van der Waals surface area contributed by atoms with E-state index in [-0.39, 0.29) is 5.41 Å². The Morgan fingerprint density at radius 1 is 1.22 bits per heavy atom. The summed E-state index contributed by atoms with van der Waals surface area (Å²) in [5.41, 5.74) is 1.59. The van der Waals surface area contributed by atoms with Crippen LogP contribution in [0.2, 0.25) is 5.02 Å². The van der Waals surface area contributed by atoms with Gasteiger partial charge in [-0.3, -0.25) is 0 Å². The Morgan fingerprint density at radius 3 is 2.56 bits per heavy atom. The van der Waals surface area contributed by atoms with E-state index in [0.717, 1.165) is 37.2 Å². The highest BCUT2D eigenvalue weighted by molar-refractivity contribution is 6.31. The highest BCUT2D eigenvalue weighted by atomic mass is 35.5. The van der Waals surface area contributed by atoms with Gasteiger partial charge in [0, 0.05) is 36.7 Å². The minimum absolute atomic E-state index is 0.264. The molecule has 3 heteroatoms. The second-order valence-electron chi connectivity index (χ2n) is 5.62. The minimum Gasteiger partial charge on any atom is -0.381 e. The summed E-state index contributed by atoms with van der Waals surface area (Å²) in [5, 5.41) is 4.35. The zero-order valence-corrected chi connectivity index (χ0v) is 11.4. The van der Waals surface area contributed by atoms with Crippen LogP contribution in [0.5, 0.6) is 0 Å². The standard InChI is InChI=1S/C15H20ClNO/c16-14-4-2-1-3-13(14)15(10-17-11-15)9-12-5-7-18-8-6-12/h1-4,12,17H,5-11H2. The van der Waals surface area contributed by atoms with Crippen LogP contribution in [0.15, 0.2) is 24.3 Å². The lowest BCUT2D eigenvalue weighted by atomic mass is 9.68. The van der Waals surface area contributed by atoms with Gasteiger partial charge < -0.3 is 10.1 Å². The molecule has 0 atom stereocenters. The Balaban J connectivity index is 1.79. The van der Waals surface area contributed by atoms with Crippen molar-refractivity contribution >= 4 is 11.6 Å². The van der Waals surface area contributed by atoms with Crippen molar-refractivity contribution < 1.29 is 4.74 Å². The van der Waals surface area contributed by atoms with E-state index in [4.69, 9.17) is 16.3 Å². The summed E-state index contributed by atoms with van der Waals surface area (Å²) in [7, 11) is 0. The molecule has 1 N–H and O–H groups in total. The summed E-state index contributed by atoms with van der Waals surface area (Å²) in [6, 6.07) is 8.33. The van der Waals surface area contributed by atoms with Crippen molar-refractivity contribution in [1.29, 1.82) is 0 Å². The molecule has 98 valence electrons. The van der Waals surface area contributed by atoms with E-state index in [9.17, 15) is 0 Å². The monoisotopic (exact) mass is 265 g/mol. The van der Waals surface area contributed by atoms with Crippen molar-refractivity contribution in [3.63, 3.8) is 0 Å². The van der Waals surface area contributed by atoms with Gasteiger partial charge in [-0.2, -0.15) is 0 Å². The molecule has 0 aromatic heterocycles. The van der Waals surface area contributed by atoms with Crippen LogP contribution in [0.3, 0.4) is 0 Å². The van der Waals surface area contributed by atoms with Crippen LogP contribution < -0.4 is 5.32 Å². The molecule has 0 aliphatic carbocycles. The number of ether oxygens (including phenoxy) is 1. The number of benzene rings is 1. The highest BCUT2D eigenvalue weighted by Gasteiger charge is 2.41. The first-order chi connectivity index (χ1) is 8.80. The molecule has 2 saturated heterocycles. The maximum atomic E-state index is 6.39. The molecule has 0 unspecified atom stereocenters. The smallest absolute Gasteiger partial charge is 0.0468 e. The molecule has 2 aliphatic rings. The van der Waals surface area contributed by atoms with Crippen molar-refractivity contribution in [3.05, 3.63) is 34.9 Å². The van der Waals surface area contributed by atoms with Gasteiger partial charge in [0.2, 0.25) is 0 Å². The van der Waals surface area contributed by atoms with E-state index in [1.807, 2.05) is 12.1 Å². The summed E-state index contributed by atoms with van der Waals surface area (Å²) < 4.78 is 5.45. The van der Waals surface area contributed by atoms with E-state index in [0.29, 0.717) is 0 Å². The third-order valence-corrected chi connectivity index (χ3v) is 4.72. The van der Waals surface area contributed by atoms with Crippen molar-refractivity contribution in [2.75, 3.05) is 26.3 Å². The van der Waals surface area contributed by atoms with Crippen LogP contribution in [0, 0.1) is 5.92 Å². The molecule has 0 amide bonds. The molecule has 1 aromatic rings. The number of hydrogen-bond acceptors (Lipinski definition) is 2. The maximum absolute atomic E-state index is 6.39. The van der Waals surface area contributed by atoms with Crippen LogP contribution in [-0.4, -0.2) is 26.3 Å². The summed E-state index contributed by atoms with van der Waals surface area (Å²) in [5.74, 6) is 0.789. The van der Waals surface area contributed by atoms with Gasteiger partial charge >= 0.3 is 0 Å². The third-order valence-electron chi connectivity index (χ3n) is 4.39. The Labute approximate surface area is 114 Å². The van der Waals surface area contributed by atoms with Crippen LogP contribution in [0.4, 0.5) is 0 Å². The van der Waals surface area contributed by atoms with Crippen LogP contribution >= 0.6 is 11.6 Å². The first-order valence-electron chi connectivity index (χ1n) is 6.84. The molecule has 3 rings (SSSR count). The van der Waals surface area contributed by atoms with Gasteiger partial charge in [-0.15, -0.1) is 0 Å². The third kappa shape index (κ3) is 2.29. The molecule has 0 spiro atoms. The molecule has 2 nitrogen and oxygen atoms in total. The summed E-state index contributed by atoms with van der Waals surface area (Å²) in [4.78, 5) is 0. The van der Waals surface area contributed by atoms with Crippen molar-refractivity contribution in [3.8, 4) is 0 Å². The normalized spacial score (nSPS) is 23.6. The summed E-state index contributed by atoms with van der Waals surface area (Å²) >= 11 is 6.39. The van der Waals surface area contributed by atoms with Gasteiger partial charge in [0.25, 0.3) is 0 Å². The first kappa shape index (κ1) is 12.5. The molecule has 0 bridgehead atoms. The lowest BCUT2D eigenvalue weighted by molar-refractivity contribution is 0.0501. The van der Waals surface area contributed by atoms with Crippen LogP contribution in [-0.2, 0) is 10.2 Å². The van der Waals surface area contributed by atoms with Gasteiger partial charge in [-0.1, -0.05) is 29.8 Å². The number of hydrogen-bond donors (Lipinski definition) is 1. The second kappa shape index (κ2) is 5.20. The topological polar surface area (TPSA) is 21.3 Å². The Hall–Kier alpha value is -0.570. The molecule has 2 heterocycles. The second-order valence-corrected chi connectivity index (χ2v) is 6.03. The van der Waals surface area contributed by atoms with Gasteiger partial charge in [0.05, 0.1) is 0 Å². The molecular weight excluding hydrogens is 246 g/mol. The molecule has 0 saturated carbocycles. The Kier molecular flexibility index (Phi) is 3.60. The minimum atomic E-state index is 0.264. The van der Waals surface area contributed by atoms with Gasteiger partial charge in [-0.25, -0.2) is 0 Å². The van der Waals surface area contributed by atoms with Crippen molar-refractivity contribution in [1.82, 2.24) is 5.32 Å². The molecule has 1 aromatic carbocycles. The van der Waals surface area contributed by atoms with E-state index >= 15 is 0 Å². The van der Waals surface area contributed by atoms with Crippen molar-refractivity contribution in [2.45, 2.75) is 24.7 Å². The molecule has 0 radical (unpaired) electrons. The van der Waals surface area contributed by atoms with Gasteiger partial charge in [0.1, 0.15) is 0 Å². The summed E-state index contributed by atoms with van der Waals surface area (Å²) in [6.45, 7) is 3.98. The van der Waals surface area contributed by atoms with E-state index in [1.54, 1.807) is 0 Å². The molecule has 18 heavy (non-hydrogen) atoms. The number of rotatable bonds is 3. The zero-order chi connectivity index (χ0) is 12.4. The quantitative estimate of drug-likeness (QED) is 0.907. The largest absolute Gasteiger partial charge is 0.381 e. The highest BCUT2D eigenvalue weighted by Crippen LogP contribution is 2.40. The fourth-order valence-corrected chi connectivity index (χ4v) is 3.60. The number of nitrogens with one attached hydrogen (secondary N) is 1. The molecule has 2 aliphatic heterocycles. The SMILES string of the molecule is Clc1ccccc1C1(CC2CCOCC2)CNC1. The van der Waals surface area contributed by atoms with Gasteiger partial charge in [-0.05, 0) is 36.8 Å². The average molecular weight is 266 g/mol. The molecular formula is C15H20ClNO. The van der Waals surface area contributed by atoms with Crippen LogP contribution in [0.1, 0.15) is 24.8 Å². The first-order valence-corrected chi connectivity index (χ1v) is 7.21. The lowest BCUT2D eigenvalue weighted by Crippen LogP contribution is -2.58. The van der Waals surface area contributed by atoms with Gasteiger partial charge in [0.15, 0.2) is 0 Å². The number of halogens is 1. The Morgan fingerprint density at radius 2 is 1.94 bits per heavy atom. The summed E-state index contributed by atoms with van der Waals surface area (Å²) in [6.07, 6.45) is 3.64. The van der Waals surface area contributed by atoms with Crippen LogP contribution in [0.25, 0.3) is 0 Å². The van der Waals surface area contributed by atoms with E-state index in [1.165, 1.54) is 24.8 Å². The predicted molar refractivity (Wildman–Crippen MR) is 74.2 cm³/mol. The average Bonchev–Trinajstić information content (AvgIpc) is 2.36. The molecule has 2 fully saturated rings. The van der Waals surface area contributed by atoms with E-state index in [2.05, 4.69) is 17.4 Å². The fourth-order valence-electron chi connectivity index (χ4n) is 3.27. The zero-order valence-electron chi connectivity index (χ0n) is 10.6. The maximum Gasteiger partial charge on any atom is 0.0468 e. The van der Waals surface area contributed by atoms with E-state index < -0.39 is 0 Å². The van der Waals surface area contributed by atoms with Crippen molar-refractivity contribution in [2.24, 2.45) is 5.92 Å². The predicted octanol–water partition coefficient (Wildman–Crippen LogP) is 3.00. The Bertz CT molecular complexity index is 411. The fraction of sp³-hybridized carbons (Fsp3) is 0.600. The lowest BCUT2D eigenvalue weighted by Gasteiger charge is -2.46.